The summed E-state index contributed by atoms with van der Waals surface area (Å²) in [5.41, 5.74) is -0.152. The van der Waals surface area contributed by atoms with Gasteiger partial charge in [-0.3, -0.25) is 14.4 Å². The average molecular weight is 630 g/mol. The van der Waals surface area contributed by atoms with Crippen molar-refractivity contribution in [2.75, 3.05) is 18.5 Å². The molecular formula is C36H39NO9. The SMILES string of the molecule is O=CC[C@](C/C=C\CC[C@H]1C(=O)C[C@H](O)[C@@H]1OCC(O)COc1ccccc1)(C(=O)O)c1ccc(NC(=O)c2ccccc2)cc1. The average Bonchev–Trinajstić information content (AvgIpc) is 3.34. The smallest absolute Gasteiger partial charge is 0.314 e. The number of carboxylic acids is 1. The van der Waals surface area contributed by atoms with Crippen LogP contribution in [-0.4, -0.2) is 70.8 Å². The number of benzene rings is 3. The number of amides is 1. The van der Waals surface area contributed by atoms with E-state index in [0.29, 0.717) is 41.7 Å². The molecule has 0 heterocycles. The summed E-state index contributed by atoms with van der Waals surface area (Å²) in [4.78, 5) is 49.2. The molecule has 1 fully saturated rings. The number of aliphatic carboxylic acids is 1. The van der Waals surface area contributed by atoms with Crippen molar-refractivity contribution in [3.8, 4) is 5.75 Å². The van der Waals surface area contributed by atoms with Crippen LogP contribution in [0.3, 0.4) is 0 Å². The Morgan fingerprint density at radius 1 is 0.935 bits per heavy atom. The number of ketones is 1. The van der Waals surface area contributed by atoms with E-state index in [1.54, 1.807) is 78.9 Å². The Bertz CT molecular complexity index is 1480. The van der Waals surface area contributed by atoms with Crippen LogP contribution in [0.2, 0.25) is 0 Å². The van der Waals surface area contributed by atoms with Gasteiger partial charge < -0.3 is 34.9 Å². The largest absolute Gasteiger partial charge is 0.491 e. The first-order valence-corrected chi connectivity index (χ1v) is 15.2. The number of hydrogen-bond acceptors (Lipinski definition) is 8. The standard InChI is InChI=1S/C36H39NO9/c38-21-20-36(35(43)44,26-15-17-27(18-16-26)37-34(42)25-10-4-1-5-11-25)19-9-3-8-14-30-31(40)22-32(41)33(30)46-24-28(39)23-45-29-12-6-2-7-13-29/h1-7,9-13,15-18,21,28,30,32-33,39,41H,8,14,19-20,22-24H2,(H,37,42)(H,43,44)/b9-3-/t28?,30-,32-,33+,36-/m0/s1. The van der Waals surface area contributed by atoms with Gasteiger partial charge in [0.15, 0.2) is 0 Å². The zero-order valence-electron chi connectivity index (χ0n) is 25.4. The lowest BCUT2D eigenvalue weighted by Crippen LogP contribution is -2.36. The molecule has 0 saturated heterocycles. The number of rotatable bonds is 17. The molecule has 1 aliphatic rings. The monoisotopic (exact) mass is 629 g/mol. The van der Waals surface area contributed by atoms with Gasteiger partial charge in [-0.2, -0.15) is 0 Å². The van der Waals surface area contributed by atoms with Gasteiger partial charge in [0, 0.05) is 30.0 Å². The maximum Gasteiger partial charge on any atom is 0.314 e. The Morgan fingerprint density at radius 2 is 1.61 bits per heavy atom. The Labute approximate surface area is 267 Å². The number of Topliss-reactive ketones (excluding diaryl/α,β-unsaturated/α-hetero) is 1. The highest BCUT2D eigenvalue weighted by molar-refractivity contribution is 6.04. The van der Waals surface area contributed by atoms with E-state index in [-0.39, 0.29) is 44.2 Å². The van der Waals surface area contributed by atoms with E-state index in [0.717, 1.165) is 0 Å². The van der Waals surface area contributed by atoms with Crippen molar-refractivity contribution < 1.29 is 44.0 Å². The van der Waals surface area contributed by atoms with Gasteiger partial charge >= 0.3 is 5.97 Å². The fourth-order valence-corrected chi connectivity index (χ4v) is 5.56. The number of para-hydroxylation sites is 1. The van der Waals surface area contributed by atoms with E-state index >= 15 is 0 Å². The molecule has 0 spiro atoms. The molecule has 0 aliphatic heterocycles. The topological polar surface area (TPSA) is 159 Å². The van der Waals surface area contributed by atoms with E-state index in [9.17, 15) is 34.5 Å². The Hall–Kier alpha value is -4.64. The van der Waals surface area contributed by atoms with Crippen LogP contribution in [0.4, 0.5) is 5.69 Å². The predicted octanol–water partition coefficient (Wildman–Crippen LogP) is 4.35. The normalized spacial score (nSPS) is 19.8. The van der Waals surface area contributed by atoms with Crippen molar-refractivity contribution in [1.29, 1.82) is 0 Å². The number of anilines is 1. The number of carbonyl (C=O) groups excluding carboxylic acids is 3. The molecule has 4 rings (SSSR count). The summed E-state index contributed by atoms with van der Waals surface area (Å²) in [6.07, 6.45) is 1.77. The van der Waals surface area contributed by atoms with Crippen LogP contribution < -0.4 is 10.1 Å². The third-order valence-electron chi connectivity index (χ3n) is 8.12. The Kier molecular flexibility index (Phi) is 12.4. The number of aliphatic hydroxyl groups excluding tert-OH is 2. The first kappa shape index (κ1) is 34.2. The molecule has 242 valence electrons. The molecule has 3 aromatic rings. The third-order valence-corrected chi connectivity index (χ3v) is 8.12. The number of ether oxygens (including phenoxy) is 2. The first-order valence-electron chi connectivity index (χ1n) is 15.2. The summed E-state index contributed by atoms with van der Waals surface area (Å²) in [5.74, 6) is -1.59. The number of carboxylic acid groups (broad SMARTS) is 1. The van der Waals surface area contributed by atoms with Gasteiger partial charge in [0.1, 0.15) is 35.9 Å². The Morgan fingerprint density at radius 3 is 2.26 bits per heavy atom. The van der Waals surface area contributed by atoms with Crippen LogP contribution in [-0.2, 0) is 24.5 Å². The van der Waals surface area contributed by atoms with Crippen molar-refractivity contribution in [2.24, 2.45) is 5.92 Å². The predicted molar refractivity (Wildman–Crippen MR) is 171 cm³/mol. The molecule has 0 bridgehead atoms. The summed E-state index contributed by atoms with van der Waals surface area (Å²) >= 11 is 0. The van der Waals surface area contributed by atoms with Crippen LogP contribution in [0.15, 0.2) is 97.1 Å². The number of allylic oxidation sites excluding steroid dienone is 2. The number of aldehydes is 1. The fraction of sp³-hybridized carbons (Fsp3) is 0.333. The summed E-state index contributed by atoms with van der Waals surface area (Å²) in [7, 11) is 0. The maximum atomic E-state index is 12.6. The summed E-state index contributed by atoms with van der Waals surface area (Å²) in [5, 5.41) is 33.7. The van der Waals surface area contributed by atoms with Crippen LogP contribution in [0.1, 0.15) is 48.0 Å². The van der Waals surface area contributed by atoms with Crippen LogP contribution in [0.25, 0.3) is 0 Å². The van der Waals surface area contributed by atoms with Crippen LogP contribution >= 0.6 is 0 Å². The fourth-order valence-electron chi connectivity index (χ4n) is 5.56. The first-order chi connectivity index (χ1) is 22.2. The zero-order valence-corrected chi connectivity index (χ0v) is 25.4. The maximum absolute atomic E-state index is 12.6. The van der Waals surface area contributed by atoms with E-state index in [2.05, 4.69) is 5.32 Å². The van der Waals surface area contributed by atoms with Gasteiger partial charge in [0.05, 0.1) is 18.8 Å². The molecule has 10 nitrogen and oxygen atoms in total. The molecule has 1 amide bonds. The molecule has 5 atom stereocenters. The van der Waals surface area contributed by atoms with Gasteiger partial charge in [-0.05, 0) is 61.2 Å². The molecule has 0 radical (unpaired) electrons. The minimum absolute atomic E-state index is 0.00859. The molecule has 1 unspecified atom stereocenters. The van der Waals surface area contributed by atoms with Crippen LogP contribution in [0.5, 0.6) is 5.75 Å². The van der Waals surface area contributed by atoms with Crippen molar-refractivity contribution in [3.05, 3.63) is 108 Å². The minimum atomic E-state index is -1.52. The second kappa shape index (κ2) is 16.6. The van der Waals surface area contributed by atoms with Gasteiger partial charge in [0.2, 0.25) is 0 Å². The van der Waals surface area contributed by atoms with Gasteiger partial charge in [0.25, 0.3) is 5.91 Å². The van der Waals surface area contributed by atoms with Gasteiger partial charge in [-0.15, -0.1) is 0 Å². The van der Waals surface area contributed by atoms with E-state index in [1.165, 1.54) is 0 Å². The van der Waals surface area contributed by atoms with Gasteiger partial charge in [-0.1, -0.05) is 60.7 Å². The molecular weight excluding hydrogens is 590 g/mol. The zero-order chi connectivity index (χ0) is 32.9. The van der Waals surface area contributed by atoms with E-state index in [1.807, 2.05) is 18.2 Å². The third kappa shape index (κ3) is 8.97. The highest BCUT2D eigenvalue weighted by Gasteiger charge is 2.42. The summed E-state index contributed by atoms with van der Waals surface area (Å²) in [6, 6.07) is 24.1. The number of nitrogens with one attached hydrogen (secondary N) is 1. The van der Waals surface area contributed by atoms with Gasteiger partial charge in [-0.25, -0.2) is 0 Å². The molecule has 0 aromatic heterocycles. The lowest BCUT2D eigenvalue weighted by Gasteiger charge is -2.27. The molecule has 46 heavy (non-hydrogen) atoms. The van der Waals surface area contributed by atoms with Crippen molar-refractivity contribution in [2.45, 2.75) is 55.8 Å². The summed E-state index contributed by atoms with van der Waals surface area (Å²) in [6.45, 7) is -0.124. The molecule has 1 saturated carbocycles. The lowest BCUT2D eigenvalue weighted by molar-refractivity contribution is -0.145. The quantitative estimate of drug-likeness (QED) is 0.126. The summed E-state index contributed by atoms with van der Waals surface area (Å²) < 4.78 is 11.3. The lowest BCUT2D eigenvalue weighted by atomic mass is 9.75. The number of aliphatic hydroxyl groups is 2. The highest BCUT2D eigenvalue weighted by atomic mass is 16.5. The molecule has 4 N–H and O–H groups in total. The minimum Gasteiger partial charge on any atom is -0.491 e. The van der Waals surface area contributed by atoms with Crippen molar-refractivity contribution in [3.63, 3.8) is 0 Å². The van der Waals surface area contributed by atoms with E-state index in [4.69, 9.17) is 9.47 Å². The number of carbonyl (C=O) groups is 4. The highest BCUT2D eigenvalue weighted by Crippen LogP contribution is 2.34. The van der Waals surface area contributed by atoms with E-state index < -0.39 is 35.6 Å². The second-order valence-corrected chi connectivity index (χ2v) is 11.3. The Balaban J connectivity index is 1.33. The second-order valence-electron chi connectivity index (χ2n) is 11.3. The van der Waals surface area contributed by atoms with Crippen LogP contribution in [0, 0.1) is 5.92 Å². The molecule has 1 aliphatic carbocycles. The van der Waals surface area contributed by atoms with Crippen molar-refractivity contribution in [1.82, 2.24) is 0 Å². The number of hydrogen-bond donors (Lipinski definition) is 4. The molecule has 10 heteroatoms. The van der Waals surface area contributed by atoms with Crippen molar-refractivity contribution >= 4 is 29.6 Å². The molecule has 3 aromatic carbocycles.